The summed E-state index contributed by atoms with van der Waals surface area (Å²) in [5.74, 6) is -0.411. The summed E-state index contributed by atoms with van der Waals surface area (Å²) in [5.41, 5.74) is 10.1. The van der Waals surface area contributed by atoms with Gasteiger partial charge in [-0.25, -0.2) is 0 Å². The van der Waals surface area contributed by atoms with Gasteiger partial charge in [-0.05, 0) is 22.8 Å². The minimum atomic E-state index is -0.411. The Bertz CT molecular complexity index is 770. The van der Waals surface area contributed by atoms with Gasteiger partial charge in [0, 0.05) is 11.1 Å². The van der Waals surface area contributed by atoms with E-state index < -0.39 is 5.91 Å². The molecule has 3 aromatic carbocycles. The molecule has 1 amide bonds. The summed E-state index contributed by atoms with van der Waals surface area (Å²) in [6.07, 6.45) is 0. The van der Waals surface area contributed by atoms with Gasteiger partial charge in [0.25, 0.3) is 0 Å². The molecule has 0 saturated carbocycles. The van der Waals surface area contributed by atoms with Crippen LogP contribution in [0.15, 0.2) is 78.9 Å². The van der Waals surface area contributed by atoms with Crippen LogP contribution in [0.2, 0.25) is 0 Å². The third kappa shape index (κ3) is 3.02. The fourth-order valence-electron chi connectivity index (χ4n) is 2.53. The minimum Gasteiger partial charge on any atom is -0.366 e. The Morgan fingerprint density at radius 3 is 1.77 bits per heavy atom. The Kier molecular flexibility index (Phi) is 4.97. The molecule has 0 radical (unpaired) electrons. The van der Waals surface area contributed by atoms with Crippen LogP contribution in [0.5, 0.6) is 0 Å². The van der Waals surface area contributed by atoms with E-state index in [0.717, 1.165) is 22.3 Å². The fourth-order valence-corrected chi connectivity index (χ4v) is 2.53. The number of carbonyl (C=O) groups excluding carboxylic acids is 1. The molecule has 3 heteroatoms. The second-order valence-electron chi connectivity index (χ2n) is 4.82. The van der Waals surface area contributed by atoms with Crippen molar-refractivity contribution in [3.8, 4) is 22.3 Å². The highest BCUT2D eigenvalue weighted by molar-refractivity contribution is 6.04. The summed E-state index contributed by atoms with van der Waals surface area (Å²) in [6.45, 7) is 0. The van der Waals surface area contributed by atoms with Crippen molar-refractivity contribution < 1.29 is 4.79 Å². The molecule has 110 valence electrons. The third-order valence-corrected chi connectivity index (χ3v) is 3.48. The normalized spacial score (nSPS) is 9.82. The van der Waals surface area contributed by atoms with E-state index in [1.54, 1.807) is 6.07 Å². The average Bonchev–Trinajstić information content (AvgIpc) is 2.55. The van der Waals surface area contributed by atoms with Crippen molar-refractivity contribution in [3.63, 3.8) is 0 Å². The van der Waals surface area contributed by atoms with Gasteiger partial charge in [0.05, 0.1) is 0 Å². The predicted octanol–water partition coefficient (Wildman–Crippen LogP) is 4.54. The van der Waals surface area contributed by atoms with Crippen LogP contribution in [0.4, 0.5) is 0 Å². The van der Waals surface area contributed by atoms with Crippen LogP contribution in [-0.4, -0.2) is 5.91 Å². The van der Waals surface area contributed by atoms with Gasteiger partial charge in [0.15, 0.2) is 0 Å². The highest BCUT2D eigenvalue weighted by Gasteiger charge is 2.15. The molecule has 0 aliphatic heterocycles. The van der Waals surface area contributed by atoms with Gasteiger partial charge >= 0.3 is 0 Å². The van der Waals surface area contributed by atoms with Crippen LogP contribution >= 0.6 is 12.4 Å². The number of carbonyl (C=O) groups is 1. The molecule has 0 fully saturated rings. The van der Waals surface area contributed by atoms with E-state index in [1.807, 2.05) is 72.8 Å². The largest absolute Gasteiger partial charge is 0.366 e. The smallest absolute Gasteiger partial charge is 0.249 e. The zero-order valence-corrected chi connectivity index (χ0v) is 12.7. The Morgan fingerprint density at radius 1 is 0.682 bits per heavy atom. The first-order chi connectivity index (χ1) is 10.3. The van der Waals surface area contributed by atoms with Gasteiger partial charge in [-0.3, -0.25) is 4.79 Å². The number of amides is 1. The van der Waals surface area contributed by atoms with Gasteiger partial charge in [-0.1, -0.05) is 72.8 Å². The van der Waals surface area contributed by atoms with Crippen LogP contribution in [0.25, 0.3) is 22.3 Å². The summed E-state index contributed by atoms with van der Waals surface area (Å²) < 4.78 is 0. The van der Waals surface area contributed by atoms with Crippen LogP contribution in [0, 0.1) is 0 Å². The zero-order valence-electron chi connectivity index (χ0n) is 11.9. The van der Waals surface area contributed by atoms with E-state index in [-0.39, 0.29) is 12.4 Å². The van der Waals surface area contributed by atoms with E-state index in [2.05, 4.69) is 0 Å². The van der Waals surface area contributed by atoms with E-state index >= 15 is 0 Å². The summed E-state index contributed by atoms with van der Waals surface area (Å²) in [5, 5.41) is 0. The topological polar surface area (TPSA) is 43.1 Å². The fraction of sp³-hybridized carbons (Fsp3) is 0. The molecule has 0 heterocycles. The Hall–Kier alpha value is -2.58. The van der Waals surface area contributed by atoms with Crippen molar-refractivity contribution in [3.05, 3.63) is 84.4 Å². The van der Waals surface area contributed by atoms with Crippen LogP contribution in [0.3, 0.4) is 0 Å². The first-order valence-electron chi connectivity index (χ1n) is 6.81. The molecule has 0 atom stereocenters. The van der Waals surface area contributed by atoms with Crippen LogP contribution < -0.4 is 5.73 Å². The average molecular weight is 310 g/mol. The van der Waals surface area contributed by atoms with Gasteiger partial charge in [0.2, 0.25) is 5.91 Å². The molecule has 22 heavy (non-hydrogen) atoms. The van der Waals surface area contributed by atoms with Crippen LogP contribution in [0.1, 0.15) is 10.4 Å². The van der Waals surface area contributed by atoms with Gasteiger partial charge in [-0.2, -0.15) is 0 Å². The van der Waals surface area contributed by atoms with Crippen molar-refractivity contribution in [1.82, 2.24) is 0 Å². The monoisotopic (exact) mass is 309 g/mol. The second-order valence-corrected chi connectivity index (χ2v) is 4.82. The highest BCUT2D eigenvalue weighted by Crippen LogP contribution is 2.34. The lowest BCUT2D eigenvalue weighted by Gasteiger charge is -2.13. The maximum absolute atomic E-state index is 11.8. The lowest BCUT2D eigenvalue weighted by atomic mass is 9.90. The molecule has 0 saturated heterocycles. The first kappa shape index (κ1) is 15.8. The Balaban J connectivity index is 0.00000176. The molecule has 0 aliphatic carbocycles. The van der Waals surface area contributed by atoms with Gasteiger partial charge in [0.1, 0.15) is 0 Å². The minimum absolute atomic E-state index is 0. The summed E-state index contributed by atoms with van der Waals surface area (Å²) in [6, 6.07) is 25.5. The van der Waals surface area contributed by atoms with Gasteiger partial charge in [-0.15, -0.1) is 12.4 Å². The van der Waals surface area contributed by atoms with Crippen molar-refractivity contribution in [1.29, 1.82) is 0 Å². The highest BCUT2D eigenvalue weighted by atomic mass is 35.5. The molecule has 0 aromatic heterocycles. The lowest BCUT2D eigenvalue weighted by molar-refractivity contribution is 0.100. The first-order valence-corrected chi connectivity index (χ1v) is 6.81. The number of benzene rings is 3. The zero-order chi connectivity index (χ0) is 14.7. The van der Waals surface area contributed by atoms with Crippen LogP contribution in [-0.2, 0) is 0 Å². The number of hydrogen-bond acceptors (Lipinski definition) is 1. The molecule has 2 N–H and O–H groups in total. The van der Waals surface area contributed by atoms with E-state index in [1.165, 1.54) is 0 Å². The lowest BCUT2D eigenvalue weighted by Crippen LogP contribution is -2.12. The van der Waals surface area contributed by atoms with E-state index in [0.29, 0.717) is 5.56 Å². The second kappa shape index (κ2) is 6.92. The molecule has 0 spiro atoms. The number of primary amides is 1. The summed E-state index contributed by atoms with van der Waals surface area (Å²) >= 11 is 0. The number of rotatable bonds is 3. The molecule has 0 aliphatic rings. The predicted molar refractivity (Wildman–Crippen MR) is 93.1 cm³/mol. The number of hydrogen-bond donors (Lipinski definition) is 1. The Morgan fingerprint density at radius 2 is 1.23 bits per heavy atom. The SMILES string of the molecule is Cl.NC(=O)c1cccc(-c2ccccc2)c1-c1ccccc1. The van der Waals surface area contributed by atoms with Gasteiger partial charge < -0.3 is 5.73 Å². The van der Waals surface area contributed by atoms with Crippen molar-refractivity contribution in [2.75, 3.05) is 0 Å². The maximum atomic E-state index is 11.8. The van der Waals surface area contributed by atoms with Crippen molar-refractivity contribution in [2.24, 2.45) is 5.73 Å². The summed E-state index contributed by atoms with van der Waals surface area (Å²) in [7, 11) is 0. The molecule has 2 nitrogen and oxygen atoms in total. The molecule has 3 rings (SSSR count). The summed E-state index contributed by atoms with van der Waals surface area (Å²) in [4.78, 5) is 11.8. The standard InChI is InChI=1S/C19H15NO.ClH/c20-19(21)17-13-7-12-16(14-8-3-1-4-9-14)18(17)15-10-5-2-6-11-15;/h1-13H,(H2,20,21);1H. The Labute approximate surface area is 136 Å². The molecular formula is C19H16ClNO. The van der Waals surface area contributed by atoms with E-state index in [9.17, 15) is 4.79 Å². The van der Waals surface area contributed by atoms with Crippen molar-refractivity contribution >= 4 is 18.3 Å². The number of halogens is 1. The molecular weight excluding hydrogens is 294 g/mol. The molecule has 3 aromatic rings. The number of nitrogens with two attached hydrogens (primary N) is 1. The molecule has 0 unspecified atom stereocenters. The van der Waals surface area contributed by atoms with Crippen molar-refractivity contribution in [2.45, 2.75) is 0 Å². The third-order valence-electron chi connectivity index (χ3n) is 3.48. The quantitative estimate of drug-likeness (QED) is 0.758. The van der Waals surface area contributed by atoms with E-state index in [4.69, 9.17) is 5.73 Å². The maximum Gasteiger partial charge on any atom is 0.249 e. The molecule has 0 bridgehead atoms.